The molecule has 6 heteroatoms. The van der Waals surface area contributed by atoms with Gasteiger partial charge in [0.2, 0.25) is 0 Å². The van der Waals surface area contributed by atoms with Gasteiger partial charge in [0.05, 0.1) is 5.70 Å². The van der Waals surface area contributed by atoms with Crippen molar-refractivity contribution in [1.82, 2.24) is 10.9 Å². The van der Waals surface area contributed by atoms with E-state index < -0.39 is 6.36 Å². The second kappa shape index (κ2) is 4.05. The van der Waals surface area contributed by atoms with E-state index in [2.05, 4.69) is 15.6 Å². The molecule has 1 aromatic rings. The molecule has 0 aliphatic carbocycles. The van der Waals surface area contributed by atoms with E-state index in [-0.39, 0.29) is 5.75 Å². The summed E-state index contributed by atoms with van der Waals surface area (Å²) in [6, 6.07) is 5.69. The van der Waals surface area contributed by atoms with Gasteiger partial charge < -0.3 is 10.2 Å². The van der Waals surface area contributed by atoms with Gasteiger partial charge in [0.15, 0.2) is 0 Å². The predicted molar refractivity (Wildman–Crippen MR) is 52.2 cm³/mol. The molecule has 0 unspecified atom stereocenters. The highest BCUT2D eigenvalue weighted by Gasteiger charge is 2.30. The van der Waals surface area contributed by atoms with Gasteiger partial charge in [-0.2, -0.15) is 0 Å². The maximum absolute atomic E-state index is 11.9. The number of nitrogens with one attached hydrogen (secondary N) is 2. The van der Waals surface area contributed by atoms with Crippen LogP contribution in [0.15, 0.2) is 30.3 Å². The zero-order valence-electron chi connectivity index (χ0n) is 8.14. The van der Waals surface area contributed by atoms with E-state index in [0.29, 0.717) is 6.54 Å². The molecule has 0 saturated carbocycles. The Morgan fingerprint density at radius 2 is 1.81 bits per heavy atom. The van der Waals surface area contributed by atoms with Crippen molar-refractivity contribution in [1.29, 1.82) is 0 Å². The van der Waals surface area contributed by atoms with Crippen molar-refractivity contribution in [2.75, 3.05) is 6.54 Å². The van der Waals surface area contributed by atoms with Crippen molar-refractivity contribution in [3.05, 3.63) is 35.9 Å². The summed E-state index contributed by atoms with van der Waals surface area (Å²) in [5.41, 5.74) is 7.41. The molecule has 0 spiro atoms. The van der Waals surface area contributed by atoms with Gasteiger partial charge in [-0.05, 0) is 35.9 Å². The van der Waals surface area contributed by atoms with Crippen molar-refractivity contribution in [2.24, 2.45) is 0 Å². The van der Waals surface area contributed by atoms with Crippen LogP contribution in [-0.4, -0.2) is 12.9 Å². The van der Waals surface area contributed by atoms with Crippen molar-refractivity contribution in [3.63, 3.8) is 0 Å². The summed E-state index contributed by atoms with van der Waals surface area (Å²) in [7, 11) is 0. The topological polar surface area (TPSA) is 33.3 Å². The van der Waals surface area contributed by atoms with Crippen LogP contribution in [0.1, 0.15) is 5.56 Å². The first-order valence-electron chi connectivity index (χ1n) is 4.60. The average molecular weight is 230 g/mol. The SMILES string of the molecule is FC(F)(F)Oc1ccc(C2=CCNN2)cc1. The number of hydrazine groups is 1. The minimum absolute atomic E-state index is 0.220. The Balaban J connectivity index is 2.10. The molecular formula is C10H9F3N2O. The van der Waals surface area contributed by atoms with Gasteiger partial charge in [-0.25, -0.2) is 5.43 Å². The number of hydrogen-bond donors (Lipinski definition) is 2. The number of hydrogen-bond acceptors (Lipinski definition) is 3. The molecule has 2 N–H and O–H groups in total. The molecule has 0 fully saturated rings. The zero-order chi connectivity index (χ0) is 11.6. The highest BCUT2D eigenvalue weighted by Crippen LogP contribution is 2.24. The molecule has 1 aromatic carbocycles. The summed E-state index contributed by atoms with van der Waals surface area (Å²) < 4.78 is 39.4. The summed E-state index contributed by atoms with van der Waals surface area (Å²) >= 11 is 0. The van der Waals surface area contributed by atoms with Crippen LogP contribution >= 0.6 is 0 Å². The van der Waals surface area contributed by atoms with Gasteiger partial charge in [0, 0.05) is 6.54 Å². The standard InChI is InChI=1S/C10H9F3N2O/c11-10(12,13)16-8-3-1-7(2-4-8)9-5-6-14-15-9/h1-5,14-15H,6H2. The lowest BCUT2D eigenvalue weighted by molar-refractivity contribution is -0.274. The van der Waals surface area contributed by atoms with Crippen LogP contribution in [-0.2, 0) is 0 Å². The molecule has 86 valence electrons. The monoisotopic (exact) mass is 230 g/mol. The third-order valence-electron chi connectivity index (χ3n) is 2.03. The Morgan fingerprint density at radius 3 is 2.31 bits per heavy atom. The fraction of sp³-hybridized carbons (Fsp3) is 0.200. The molecule has 3 nitrogen and oxygen atoms in total. The van der Waals surface area contributed by atoms with Crippen LogP contribution in [0.25, 0.3) is 5.70 Å². The van der Waals surface area contributed by atoms with Gasteiger partial charge in [0.25, 0.3) is 0 Å². The van der Waals surface area contributed by atoms with Gasteiger partial charge in [0.1, 0.15) is 5.75 Å². The molecule has 0 bridgehead atoms. The first kappa shape index (κ1) is 10.8. The molecule has 1 heterocycles. The smallest absolute Gasteiger partial charge is 0.406 e. The van der Waals surface area contributed by atoms with Crippen LogP contribution in [0.5, 0.6) is 5.75 Å². The Morgan fingerprint density at radius 1 is 1.12 bits per heavy atom. The normalized spacial score (nSPS) is 15.6. The van der Waals surface area contributed by atoms with Crippen molar-refractivity contribution in [2.45, 2.75) is 6.36 Å². The van der Waals surface area contributed by atoms with E-state index in [1.165, 1.54) is 12.1 Å². The fourth-order valence-electron chi connectivity index (χ4n) is 1.38. The second-order valence-corrected chi connectivity index (χ2v) is 3.20. The van der Waals surface area contributed by atoms with E-state index in [0.717, 1.165) is 11.3 Å². The maximum atomic E-state index is 11.9. The Labute approximate surface area is 89.9 Å². The third kappa shape index (κ3) is 2.66. The summed E-state index contributed by atoms with van der Waals surface area (Å²) in [5, 5.41) is 0. The lowest BCUT2D eigenvalue weighted by Gasteiger charge is -2.09. The van der Waals surface area contributed by atoms with Crippen LogP contribution in [0.3, 0.4) is 0 Å². The van der Waals surface area contributed by atoms with Gasteiger partial charge in [-0.3, -0.25) is 0 Å². The largest absolute Gasteiger partial charge is 0.573 e. The molecule has 0 atom stereocenters. The summed E-state index contributed by atoms with van der Waals surface area (Å²) in [5.74, 6) is -0.220. The van der Waals surface area contributed by atoms with Crippen molar-refractivity contribution >= 4 is 5.70 Å². The van der Waals surface area contributed by atoms with Crippen molar-refractivity contribution in [3.8, 4) is 5.75 Å². The summed E-state index contributed by atoms with van der Waals surface area (Å²) in [4.78, 5) is 0. The molecular weight excluding hydrogens is 221 g/mol. The van der Waals surface area contributed by atoms with E-state index in [1.807, 2.05) is 6.08 Å². The highest BCUT2D eigenvalue weighted by molar-refractivity contribution is 5.65. The first-order chi connectivity index (χ1) is 7.54. The zero-order valence-corrected chi connectivity index (χ0v) is 8.14. The molecule has 16 heavy (non-hydrogen) atoms. The van der Waals surface area contributed by atoms with E-state index in [9.17, 15) is 13.2 Å². The lowest BCUT2D eigenvalue weighted by atomic mass is 10.1. The third-order valence-corrected chi connectivity index (χ3v) is 2.03. The lowest BCUT2D eigenvalue weighted by Crippen LogP contribution is -2.23. The fourth-order valence-corrected chi connectivity index (χ4v) is 1.38. The van der Waals surface area contributed by atoms with Gasteiger partial charge in [-0.15, -0.1) is 13.2 Å². The minimum Gasteiger partial charge on any atom is -0.406 e. The highest BCUT2D eigenvalue weighted by atomic mass is 19.4. The molecule has 0 aromatic heterocycles. The van der Waals surface area contributed by atoms with Crippen LogP contribution in [0.4, 0.5) is 13.2 Å². The Hall–Kier alpha value is -1.69. The summed E-state index contributed by atoms with van der Waals surface area (Å²) in [6.07, 6.45) is -2.74. The number of benzene rings is 1. The van der Waals surface area contributed by atoms with Crippen molar-refractivity contribution < 1.29 is 17.9 Å². The minimum atomic E-state index is -4.64. The predicted octanol–water partition coefficient (Wildman–Crippen LogP) is 2.03. The Kier molecular flexibility index (Phi) is 2.74. The number of alkyl halides is 3. The molecule has 1 aliphatic heterocycles. The molecule has 0 amide bonds. The van der Waals surface area contributed by atoms with Crippen LogP contribution in [0.2, 0.25) is 0 Å². The first-order valence-corrected chi connectivity index (χ1v) is 4.60. The molecule has 1 aliphatic rings. The van der Waals surface area contributed by atoms with Gasteiger partial charge in [-0.1, -0.05) is 0 Å². The van der Waals surface area contributed by atoms with Crippen LogP contribution < -0.4 is 15.6 Å². The van der Waals surface area contributed by atoms with E-state index in [1.54, 1.807) is 12.1 Å². The van der Waals surface area contributed by atoms with E-state index in [4.69, 9.17) is 0 Å². The maximum Gasteiger partial charge on any atom is 0.573 e. The Bertz CT molecular complexity index is 398. The number of halogens is 3. The number of ether oxygens (including phenoxy) is 1. The summed E-state index contributed by atoms with van der Waals surface area (Å²) in [6.45, 7) is 0.691. The van der Waals surface area contributed by atoms with E-state index >= 15 is 0 Å². The molecule has 0 radical (unpaired) electrons. The number of rotatable bonds is 2. The van der Waals surface area contributed by atoms with Gasteiger partial charge >= 0.3 is 6.36 Å². The molecule has 0 saturated heterocycles. The molecule has 2 rings (SSSR count). The quantitative estimate of drug-likeness (QED) is 0.815. The average Bonchev–Trinajstić information content (AvgIpc) is 2.69. The van der Waals surface area contributed by atoms with Crippen LogP contribution in [0, 0.1) is 0 Å². The second-order valence-electron chi connectivity index (χ2n) is 3.20.